The number of hydrogen-bond acceptors (Lipinski definition) is 4. The second kappa shape index (κ2) is 8.37. The molecule has 2 amide bonds. The summed E-state index contributed by atoms with van der Waals surface area (Å²) in [6, 6.07) is 0.0384. The highest BCUT2D eigenvalue weighted by Gasteiger charge is 2.23. The van der Waals surface area contributed by atoms with Crippen LogP contribution in [0.25, 0.3) is 0 Å². The molecule has 5 nitrogen and oxygen atoms in total. The fraction of sp³-hybridized carbons (Fsp3) is 0.833. The molecule has 0 aromatic heterocycles. The van der Waals surface area contributed by atoms with Crippen molar-refractivity contribution in [2.75, 3.05) is 37.7 Å². The molecule has 0 aliphatic carbocycles. The van der Waals surface area contributed by atoms with Gasteiger partial charge in [0.1, 0.15) is 0 Å². The molecule has 1 heterocycles. The maximum absolute atomic E-state index is 11.9. The Balaban J connectivity index is 2.37. The van der Waals surface area contributed by atoms with E-state index in [0.29, 0.717) is 13.1 Å². The van der Waals surface area contributed by atoms with E-state index < -0.39 is 11.8 Å². The first-order chi connectivity index (χ1) is 8.65. The van der Waals surface area contributed by atoms with Gasteiger partial charge in [-0.05, 0) is 25.6 Å². The molecule has 1 aliphatic rings. The van der Waals surface area contributed by atoms with Crippen molar-refractivity contribution in [3.63, 3.8) is 0 Å². The minimum Gasteiger partial charge on any atom is -0.345 e. The normalized spacial score (nSPS) is 18.0. The van der Waals surface area contributed by atoms with Crippen molar-refractivity contribution in [1.29, 1.82) is 0 Å². The van der Waals surface area contributed by atoms with Crippen LogP contribution in [0.5, 0.6) is 0 Å². The molecule has 1 atom stereocenters. The Morgan fingerprint density at radius 1 is 1.39 bits per heavy atom. The third-order valence-electron chi connectivity index (χ3n) is 2.77. The first kappa shape index (κ1) is 15.3. The summed E-state index contributed by atoms with van der Waals surface area (Å²) >= 11 is 1.76. The molecule has 1 rings (SSSR count). The molecule has 0 aromatic carbocycles. The van der Waals surface area contributed by atoms with E-state index >= 15 is 0 Å². The fourth-order valence-corrected chi connectivity index (χ4v) is 2.49. The van der Waals surface area contributed by atoms with Crippen molar-refractivity contribution in [2.45, 2.75) is 26.3 Å². The van der Waals surface area contributed by atoms with E-state index in [1.165, 1.54) is 0 Å². The SMILES string of the molecule is CCSCC(C)NC(=O)C(=O)N1CCCNCC1. The second-order valence-corrected chi connectivity index (χ2v) is 5.75. The van der Waals surface area contributed by atoms with Crippen LogP contribution in [0.4, 0.5) is 0 Å². The average molecular weight is 273 g/mol. The predicted octanol–water partition coefficient (Wildman–Crippen LogP) is 0.0661. The molecule has 1 fully saturated rings. The molecule has 6 heteroatoms. The van der Waals surface area contributed by atoms with Gasteiger partial charge in [-0.15, -0.1) is 0 Å². The molecule has 1 saturated heterocycles. The number of nitrogens with zero attached hydrogens (tertiary/aromatic N) is 1. The van der Waals surface area contributed by atoms with Gasteiger partial charge in [-0.25, -0.2) is 0 Å². The Bertz CT molecular complexity index is 278. The molecule has 1 aliphatic heterocycles. The van der Waals surface area contributed by atoms with Crippen molar-refractivity contribution < 1.29 is 9.59 Å². The van der Waals surface area contributed by atoms with Gasteiger partial charge in [-0.3, -0.25) is 9.59 Å². The standard InChI is InChI=1S/C12H23N3O2S/c1-3-18-9-10(2)14-11(16)12(17)15-7-4-5-13-6-8-15/h10,13H,3-9H2,1-2H3,(H,14,16). The van der Waals surface area contributed by atoms with Crippen LogP contribution in [0.3, 0.4) is 0 Å². The van der Waals surface area contributed by atoms with E-state index in [2.05, 4.69) is 17.6 Å². The fourth-order valence-electron chi connectivity index (χ4n) is 1.81. The van der Waals surface area contributed by atoms with Gasteiger partial charge in [0.15, 0.2) is 0 Å². The quantitative estimate of drug-likeness (QED) is 0.712. The van der Waals surface area contributed by atoms with E-state index in [4.69, 9.17) is 0 Å². The van der Waals surface area contributed by atoms with Crippen LogP contribution in [-0.4, -0.2) is 60.4 Å². The van der Waals surface area contributed by atoms with Gasteiger partial charge in [0, 0.05) is 31.4 Å². The van der Waals surface area contributed by atoms with E-state index in [1.54, 1.807) is 16.7 Å². The first-order valence-corrected chi connectivity index (χ1v) is 7.68. The third kappa shape index (κ3) is 5.27. The lowest BCUT2D eigenvalue weighted by atomic mass is 10.3. The number of carbonyl (C=O) groups excluding carboxylic acids is 2. The summed E-state index contributed by atoms with van der Waals surface area (Å²) in [4.78, 5) is 25.4. The summed E-state index contributed by atoms with van der Waals surface area (Å²) in [6.45, 7) is 6.96. The Labute approximate surface area is 113 Å². The summed E-state index contributed by atoms with van der Waals surface area (Å²) in [5, 5.41) is 5.97. The van der Waals surface area contributed by atoms with Crippen LogP contribution in [0, 0.1) is 0 Å². The van der Waals surface area contributed by atoms with Crippen LogP contribution in [0.2, 0.25) is 0 Å². The van der Waals surface area contributed by atoms with Gasteiger partial charge in [0.2, 0.25) is 0 Å². The first-order valence-electron chi connectivity index (χ1n) is 6.53. The van der Waals surface area contributed by atoms with Gasteiger partial charge in [0.05, 0.1) is 0 Å². The van der Waals surface area contributed by atoms with Crippen molar-refractivity contribution >= 4 is 23.6 Å². The molecule has 2 N–H and O–H groups in total. The molecule has 18 heavy (non-hydrogen) atoms. The van der Waals surface area contributed by atoms with Gasteiger partial charge >= 0.3 is 11.8 Å². The van der Waals surface area contributed by atoms with Crippen LogP contribution < -0.4 is 10.6 Å². The Kier molecular flexibility index (Phi) is 7.12. The zero-order valence-corrected chi connectivity index (χ0v) is 12.0. The number of thioether (sulfide) groups is 1. The summed E-state index contributed by atoms with van der Waals surface area (Å²) in [5.41, 5.74) is 0. The lowest BCUT2D eigenvalue weighted by molar-refractivity contribution is -0.146. The molecule has 0 bridgehead atoms. The molecule has 0 saturated carbocycles. The molecule has 1 unspecified atom stereocenters. The molecule has 0 aromatic rings. The van der Waals surface area contributed by atoms with Gasteiger partial charge < -0.3 is 15.5 Å². The maximum Gasteiger partial charge on any atom is 0.311 e. The van der Waals surface area contributed by atoms with Crippen molar-refractivity contribution in [3.8, 4) is 0 Å². The highest BCUT2D eigenvalue weighted by Crippen LogP contribution is 2.02. The Hall–Kier alpha value is -0.750. The number of amides is 2. The lowest BCUT2D eigenvalue weighted by Crippen LogP contribution is -2.47. The molecular weight excluding hydrogens is 250 g/mol. The predicted molar refractivity (Wildman–Crippen MR) is 74.7 cm³/mol. The van der Waals surface area contributed by atoms with Gasteiger partial charge in [-0.1, -0.05) is 6.92 Å². The summed E-state index contributed by atoms with van der Waals surface area (Å²) in [5.74, 6) is 0.997. The molecular formula is C12H23N3O2S. The average Bonchev–Trinajstić information content (AvgIpc) is 2.64. The monoisotopic (exact) mass is 273 g/mol. The molecule has 0 radical (unpaired) electrons. The zero-order valence-electron chi connectivity index (χ0n) is 11.2. The summed E-state index contributed by atoms with van der Waals surface area (Å²) < 4.78 is 0. The van der Waals surface area contributed by atoms with E-state index in [0.717, 1.165) is 31.0 Å². The number of carbonyl (C=O) groups is 2. The summed E-state index contributed by atoms with van der Waals surface area (Å²) in [6.07, 6.45) is 0.903. The zero-order chi connectivity index (χ0) is 13.4. The molecule has 0 spiro atoms. The van der Waals surface area contributed by atoms with E-state index in [1.807, 2.05) is 6.92 Å². The number of rotatable bonds is 4. The van der Waals surface area contributed by atoms with E-state index in [9.17, 15) is 9.59 Å². The van der Waals surface area contributed by atoms with Crippen LogP contribution in [0.15, 0.2) is 0 Å². The van der Waals surface area contributed by atoms with E-state index in [-0.39, 0.29) is 6.04 Å². The van der Waals surface area contributed by atoms with Crippen molar-refractivity contribution in [1.82, 2.24) is 15.5 Å². The van der Waals surface area contributed by atoms with Gasteiger partial charge in [0.25, 0.3) is 0 Å². The largest absolute Gasteiger partial charge is 0.345 e. The van der Waals surface area contributed by atoms with Crippen LogP contribution in [-0.2, 0) is 9.59 Å². The van der Waals surface area contributed by atoms with Crippen molar-refractivity contribution in [2.24, 2.45) is 0 Å². The highest BCUT2D eigenvalue weighted by molar-refractivity contribution is 7.99. The van der Waals surface area contributed by atoms with Crippen LogP contribution >= 0.6 is 11.8 Å². The Morgan fingerprint density at radius 3 is 2.89 bits per heavy atom. The number of hydrogen-bond donors (Lipinski definition) is 2. The Morgan fingerprint density at radius 2 is 2.17 bits per heavy atom. The van der Waals surface area contributed by atoms with Crippen molar-refractivity contribution in [3.05, 3.63) is 0 Å². The minimum absolute atomic E-state index is 0.0384. The summed E-state index contributed by atoms with van der Waals surface area (Å²) in [7, 11) is 0. The van der Waals surface area contributed by atoms with Crippen LogP contribution in [0.1, 0.15) is 20.3 Å². The molecule has 104 valence electrons. The maximum atomic E-state index is 11.9. The van der Waals surface area contributed by atoms with Gasteiger partial charge in [-0.2, -0.15) is 11.8 Å². The smallest absolute Gasteiger partial charge is 0.311 e. The number of nitrogens with one attached hydrogen (secondary N) is 2. The highest BCUT2D eigenvalue weighted by atomic mass is 32.2. The second-order valence-electron chi connectivity index (χ2n) is 4.43. The minimum atomic E-state index is -0.471. The third-order valence-corrected chi connectivity index (χ3v) is 3.91. The topological polar surface area (TPSA) is 61.4 Å². The lowest BCUT2D eigenvalue weighted by Gasteiger charge is -2.20.